The van der Waals surface area contributed by atoms with Crippen molar-refractivity contribution in [3.63, 3.8) is 0 Å². The van der Waals surface area contributed by atoms with E-state index in [0.29, 0.717) is 23.0 Å². The van der Waals surface area contributed by atoms with Crippen LogP contribution in [0, 0.1) is 0 Å². The molecule has 1 heterocycles. The average molecular weight is 416 g/mol. The van der Waals surface area contributed by atoms with Gasteiger partial charge < -0.3 is 15.5 Å². The number of nitrogens with one attached hydrogen (secondary N) is 1. The maximum Gasteiger partial charge on any atom is 0.294 e. The van der Waals surface area contributed by atoms with E-state index in [1.165, 1.54) is 36.0 Å². The van der Waals surface area contributed by atoms with E-state index in [-0.39, 0.29) is 16.4 Å². The van der Waals surface area contributed by atoms with Gasteiger partial charge in [-0.25, -0.2) is 0 Å². The van der Waals surface area contributed by atoms with Crippen LogP contribution in [-0.2, 0) is 9.59 Å². The lowest BCUT2D eigenvalue weighted by Gasteiger charge is -2.12. The van der Waals surface area contributed by atoms with Crippen LogP contribution in [0.5, 0.6) is 11.5 Å². The minimum Gasteiger partial charge on any atom is -0.504 e. The van der Waals surface area contributed by atoms with E-state index in [4.69, 9.17) is 0 Å². The molecule has 0 atom stereocenters. The summed E-state index contributed by atoms with van der Waals surface area (Å²) in [6.45, 7) is -0.396. The summed E-state index contributed by atoms with van der Waals surface area (Å²) in [6, 6.07) is 11.3. The van der Waals surface area contributed by atoms with Gasteiger partial charge in [0.05, 0.1) is 4.91 Å². The SMILES string of the molecule is CSc1cccc(NC(=O)CN2C(=O)SC(=Cc3ccc(O)c(O)c3)C2=O)c1. The zero-order valence-electron chi connectivity index (χ0n) is 14.7. The lowest BCUT2D eigenvalue weighted by Crippen LogP contribution is -2.36. The van der Waals surface area contributed by atoms with Gasteiger partial charge in [-0.3, -0.25) is 19.3 Å². The number of carbonyl (C=O) groups is 3. The molecule has 28 heavy (non-hydrogen) atoms. The van der Waals surface area contributed by atoms with Crippen LogP contribution in [-0.4, -0.2) is 45.0 Å². The molecule has 1 aliphatic heterocycles. The van der Waals surface area contributed by atoms with Gasteiger partial charge >= 0.3 is 0 Å². The molecule has 3 rings (SSSR count). The summed E-state index contributed by atoms with van der Waals surface area (Å²) >= 11 is 2.24. The van der Waals surface area contributed by atoms with E-state index >= 15 is 0 Å². The summed E-state index contributed by atoms with van der Waals surface area (Å²) in [6.07, 6.45) is 3.34. The summed E-state index contributed by atoms with van der Waals surface area (Å²) in [5.74, 6) is -1.69. The first-order valence-electron chi connectivity index (χ1n) is 8.08. The van der Waals surface area contributed by atoms with Gasteiger partial charge in [0.15, 0.2) is 11.5 Å². The lowest BCUT2D eigenvalue weighted by molar-refractivity contribution is -0.127. The van der Waals surface area contributed by atoms with Gasteiger partial charge in [0.25, 0.3) is 11.1 Å². The van der Waals surface area contributed by atoms with Gasteiger partial charge in [0, 0.05) is 10.6 Å². The molecule has 1 fully saturated rings. The van der Waals surface area contributed by atoms with E-state index in [1.807, 2.05) is 12.3 Å². The number of nitrogens with zero attached hydrogens (tertiary/aromatic N) is 1. The monoisotopic (exact) mass is 416 g/mol. The Balaban J connectivity index is 1.70. The molecule has 1 aliphatic rings. The van der Waals surface area contributed by atoms with Crippen LogP contribution in [0.25, 0.3) is 6.08 Å². The van der Waals surface area contributed by atoms with E-state index in [2.05, 4.69) is 5.32 Å². The van der Waals surface area contributed by atoms with Crippen LogP contribution in [0.3, 0.4) is 0 Å². The minimum atomic E-state index is -0.587. The number of thioether (sulfide) groups is 2. The van der Waals surface area contributed by atoms with Crippen molar-refractivity contribution in [3.05, 3.63) is 52.9 Å². The van der Waals surface area contributed by atoms with Crippen molar-refractivity contribution in [3.8, 4) is 11.5 Å². The van der Waals surface area contributed by atoms with Crippen molar-refractivity contribution in [2.45, 2.75) is 4.90 Å². The number of imide groups is 1. The first-order valence-corrected chi connectivity index (χ1v) is 10.1. The normalized spacial score (nSPS) is 15.3. The number of hydrogen-bond donors (Lipinski definition) is 3. The van der Waals surface area contributed by atoms with E-state index in [9.17, 15) is 24.6 Å². The third kappa shape index (κ3) is 4.49. The quantitative estimate of drug-likeness (QED) is 0.389. The molecule has 0 spiro atoms. The number of phenolic OH excluding ortho intramolecular Hbond substituents is 2. The minimum absolute atomic E-state index is 0.132. The van der Waals surface area contributed by atoms with Gasteiger partial charge in [0.1, 0.15) is 6.54 Å². The molecule has 0 saturated carbocycles. The highest BCUT2D eigenvalue weighted by molar-refractivity contribution is 8.18. The number of phenols is 2. The second-order valence-corrected chi connectivity index (χ2v) is 7.67. The largest absolute Gasteiger partial charge is 0.504 e. The molecule has 2 aromatic rings. The first-order chi connectivity index (χ1) is 13.4. The highest BCUT2D eigenvalue weighted by Crippen LogP contribution is 2.33. The molecule has 0 unspecified atom stereocenters. The number of anilines is 1. The zero-order chi connectivity index (χ0) is 20.3. The van der Waals surface area contributed by atoms with Crippen LogP contribution < -0.4 is 5.32 Å². The van der Waals surface area contributed by atoms with Crippen molar-refractivity contribution in [1.82, 2.24) is 4.90 Å². The second kappa shape index (κ2) is 8.41. The van der Waals surface area contributed by atoms with Crippen LogP contribution in [0.1, 0.15) is 5.56 Å². The number of hydrogen-bond acceptors (Lipinski definition) is 7. The predicted molar refractivity (Wildman–Crippen MR) is 109 cm³/mol. The van der Waals surface area contributed by atoms with Crippen molar-refractivity contribution in [2.75, 3.05) is 18.1 Å². The third-order valence-corrected chi connectivity index (χ3v) is 5.46. The molecule has 144 valence electrons. The Labute approximate surface area is 169 Å². The second-order valence-electron chi connectivity index (χ2n) is 5.80. The molecular weight excluding hydrogens is 400 g/mol. The third-order valence-electron chi connectivity index (χ3n) is 3.83. The Kier molecular flexibility index (Phi) is 5.96. The summed E-state index contributed by atoms with van der Waals surface area (Å²) in [4.78, 5) is 38.9. The molecule has 3 amide bonds. The van der Waals surface area contributed by atoms with Gasteiger partial charge in [-0.2, -0.15) is 0 Å². The van der Waals surface area contributed by atoms with Crippen LogP contribution in [0.15, 0.2) is 52.3 Å². The lowest BCUT2D eigenvalue weighted by atomic mass is 10.2. The van der Waals surface area contributed by atoms with E-state index in [1.54, 1.807) is 18.2 Å². The summed E-state index contributed by atoms with van der Waals surface area (Å²) in [5, 5.41) is 21.0. The smallest absolute Gasteiger partial charge is 0.294 e. The highest BCUT2D eigenvalue weighted by atomic mass is 32.2. The molecule has 2 aromatic carbocycles. The van der Waals surface area contributed by atoms with E-state index < -0.39 is 23.6 Å². The van der Waals surface area contributed by atoms with Crippen LogP contribution in [0.4, 0.5) is 10.5 Å². The van der Waals surface area contributed by atoms with Crippen LogP contribution in [0.2, 0.25) is 0 Å². The Bertz CT molecular complexity index is 990. The number of aromatic hydroxyl groups is 2. The topological polar surface area (TPSA) is 107 Å². The molecule has 0 radical (unpaired) electrons. The van der Waals surface area contributed by atoms with E-state index in [0.717, 1.165) is 9.80 Å². The van der Waals surface area contributed by atoms with Crippen molar-refractivity contribution < 1.29 is 24.6 Å². The predicted octanol–water partition coefficient (Wildman–Crippen LogP) is 3.49. The molecule has 0 aliphatic carbocycles. The fraction of sp³-hybridized carbons (Fsp3) is 0.105. The molecule has 9 heteroatoms. The van der Waals surface area contributed by atoms with Gasteiger partial charge in [-0.1, -0.05) is 12.1 Å². The highest BCUT2D eigenvalue weighted by Gasteiger charge is 2.36. The summed E-state index contributed by atoms with van der Waals surface area (Å²) < 4.78 is 0. The molecular formula is C19H16N2O5S2. The number of benzene rings is 2. The van der Waals surface area contributed by atoms with Gasteiger partial charge in [0.2, 0.25) is 5.91 Å². The number of amides is 3. The first kappa shape index (κ1) is 19.8. The molecule has 3 N–H and O–H groups in total. The van der Waals surface area contributed by atoms with Crippen LogP contribution >= 0.6 is 23.5 Å². The number of rotatable bonds is 5. The summed E-state index contributed by atoms with van der Waals surface area (Å²) in [7, 11) is 0. The Hall–Kier alpha value is -2.91. The van der Waals surface area contributed by atoms with Gasteiger partial charge in [-0.15, -0.1) is 11.8 Å². The van der Waals surface area contributed by atoms with Crippen molar-refractivity contribution in [1.29, 1.82) is 0 Å². The molecule has 0 aromatic heterocycles. The standard InChI is InChI=1S/C19H16N2O5S2/c1-27-13-4-2-3-12(9-13)20-17(24)10-21-18(25)16(28-19(21)26)8-11-5-6-14(22)15(23)7-11/h2-9,22-23H,10H2,1H3,(H,20,24). The molecule has 0 bridgehead atoms. The summed E-state index contributed by atoms with van der Waals surface area (Å²) in [5.41, 5.74) is 1.03. The van der Waals surface area contributed by atoms with Gasteiger partial charge in [-0.05, 0) is 60.0 Å². The Morgan fingerprint density at radius 1 is 1.18 bits per heavy atom. The maximum atomic E-state index is 12.5. The number of carbonyl (C=O) groups excluding carboxylic acids is 3. The van der Waals surface area contributed by atoms with Crippen molar-refractivity contribution >= 4 is 52.3 Å². The fourth-order valence-corrected chi connectivity index (χ4v) is 3.76. The molecule has 1 saturated heterocycles. The maximum absolute atomic E-state index is 12.5. The Morgan fingerprint density at radius 3 is 2.68 bits per heavy atom. The zero-order valence-corrected chi connectivity index (χ0v) is 16.3. The van der Waals surface area contributed by atoms with Crippen molar-refractivity contribution in [2.24, 2.45) is 0 Å². The Morgan fingerprint density at radius 2 is 1.96 bits per heavy atom. The average Bonchev–Trinajstić information content (AvgIpc) is 2.92. The fourth-order valence-electron chi connectivity index (χ4n) is 2.46. The molecule has 7 nitrogen and oxygen atoms in total.